The van der Waals surface area contributed by atoms with Gasteiger partial charge in [0.2, 0.25) is 0 Å². The lowest BCUT2D eigenvalue weighted by molar-refractivity contribution is 0.00705. The first-order valence-electron chi connectivity index (χ1n) is 7.38. The van der Waals surface area contributed by atoms with Gasteiger partial charge in [-0.05, 0) is 39.5 Å². The molecular formula is C14H27IN4O2. The van der Waals surface area contributed by atoms with Gasteiger partial charge < -0.3 is 20.7 Å². The summed E-state index contributed by atoms with van der Waals surface area (Å²) in [5.74, 6) is 1.21. The number of carbonyl (C=O) groups excluding carboxylic acids is 1. The van der Waals surface area contributed by atoms with Gasteiger partial charge in [-0.3, -0.25) is 4.99 Å². The molecule has 1 aliphatic carbocycles. The maximum atomic E-state index is 11.7. The minimum Gasteiger partial charge on any atom is -0.444 e. The monoisotopic (exact) mass is 410 g/mol. The van der Waals surface area contributed by atoms with Crippen molar-refractivity contribution >= 4 is 36.0 Å². The molecule has 0 aromatic rings. The van der Waals surface area contributed by atoms with Gasteiger partial charge in [0.15, 0.2) is 5.96 Å². The highest BCUT2D eigenvalue weighted by Gasteiger charge is 2.33. The molecule has 1 saturated heterocycles. The Balaban J connectivity index is 0.00000220. The molecule has 1 amide bonds. The lowest BCUT2D eigenvalue weighted by Crippen LogP contribution is -2.62. The number of halogens is 1. The Hall–Kier alpha value is -0.730. The van der Waals surface area contributed by atoms with Gasteiger partial charge >= 0.3 is 6.09 Å². The molecule has 1 heterocycles. The number of likely N-dealkylation sites (tertiary alicyclic amines) is 1. The minimum atomic E-state index is -0.446. The summed E-state index contributed by atoms with van der Waals surface area (Å²) in [5.41, 5.74) is 5.39. The van der Waals surface area contributed by atoms with Crippen molar-refractivity contribution < 1.29 is 9.53 Å². The van der Waals surface area contributed by atoms with Crippen LogP contribution in [0.1, 0.15) is 40.0 Å². The highest BCUT2D eigenvalue weighted by molar-refractivity contribution is 14.0. The predicted octanol–water partition coefficient (Wildman–Crippen LogP) is 1.93. The smallest absolute Gasteiger partial charge is 0.410 e. The van der Waals surface area contributed by atoms with Crippen molar-refractivity contribution in [2.45, 2.75) is 51.7 Å². The standard InChI is InChI=1S/C14H26N4O2.HI/c1-14(2,3)20-13(19)18-8-11(9-18)17-12(15)16-7-10-5-4-6-10;/h10-11H,4-9H2,1-3H3,(H3,15,16,17);1H. The maximum Gasteiger partial charge on any atom is 0.410 e. The largest absolute Gasteiger partial charge is 0.444 e. The number of nitrogens with zero attached hydrogens (tertiary/aromatic N) is 2. The van der Waals surface area contributed by atoms with Gasteiger partial charge in [-0.2, -0.15) is 0 Å². The van der Waals surface area contributed by atoms with Crippen molar-refractivity contribution in [3.63, 3.8) is 0 Å². The molecule has 0 radical (unpaired) electrons. The lowest BCUT2D eigenvalue weighted by Gasteiger charge is -2.40. The molecule has 1 aliphatic heterocycles. The van der Waals surface area contributed by atoms with Crippen LogP contribution in [0.2, 0.25) is 0 Å². The summed E-state index contributed by atoms with van der Waals surface area (Å²) >= 11 is 0. The highest BCUT2D eigenvalue weighted by atomic mass is 127. The van der Waals surface area contributed by atoms with Crippen LogP contribution < -0.4 is 11.1 Å². The molecule has 7 heteroatoms. The maximum absolute atomic E-state index is 11.7. The van der Waals surface area contributed by atoms with Crippen LogP contribution in [-0.2, 0) is 4.74 Å². The first-order valence-corrected chi connectivity index (χ1v) is 7.38. The average molecular weight is 410 g/mol. The first kappa shape index (κ1) is 18.3. The third kappa shape index (κ3) is 5.88. The average Bonchev–Trinajstić information content (AvgIpc) is 2.17. The molecule has 0 atom stereocenters. The molecule has 3 N–H and O–H groups in total. The predicted molar refractivity (Wildman–Crippen MR) is 94.0 cm³/mol. The van der Waals surface area contributed by atoms with Crippen molar-refractivity contribution in [2.75, 3.05) is 19.6 Å². The van der Waals surface area contributed by atoms with Crippen LogP contribution in [-0.4, -0.2) is 48.2 Å². The van der Waals surface area contributed by atoms with Crippen molar-refractivity contribution in [1.29, 1.82) is 0 Å². The third-order valence-electron chi connectivity index (χ3n) is 3.63. The zero-order chi connectivity index (χ0) is 14.8. The Kier molecular flexibility index (Phi) is 6.55. The molecule has 0 bridgehead atoms. The van der Waals surface area contributed by atoms with E-state index < -0.39 is 5.60 Å². The number of hydrogen-bond donors (Lipinski definition) is 2. The Labute approximate surface area is 143 Å². The number of aliphatic imine (C=N–C) groups is 1. The van der Waals surface area contributed by atoms with Gasteiger partial charge in [0.25, 0.3) is 0 Å². The van der Waals surface area contributed by atoms with E-state index in [0.29, 0.717) is 19.0 Å². The fourth-order valence-corrected chi connectivity index (χ4v) is 2.20. The van der Waals surface area contributed by atoms with Gasteiger partial charge in [-0.25, -0.2) is 4.79 Å². The zero-order valence-corrected chi connectivity index (χ0v) is 15.4. The zero-order valence-electron chi connectivity index (χ0n) is 13.1. The molecule has 2 aliphatic rings. The normalized spacial score (nSPS) is 20.1. The molecule has 1 saturated carbocycles. The fourth-order valence-electron chi connectivity index (χ4n) is 2.20. The first-order chi connectivity index (χ1) is 9.33. The Morgan fingerprint density at radius 2 is 2.00 bits per heavy atom. The fraction of sp³-hybridized carbons (Fsp3) is 0.857. The molecule has 0 spiro atoms. The van der Waals surface area contributed by atoms with E-state index in [1.54, 1.807) is 4.90 Å². The Bertz CT molecular complexity index is 385. The van der Waals surface area contributed by atoms with Crippen LogP contribution >= 0.6 is 24.0 Å². The SMILES string of the molecule is CC(C)(C)OC(=O)N1CC(NC(N)=NCC2CCC2)C1.I. The third-order valence-corrected chi connectivity index (χ3v) is 3.63. The Morgan fingerprint density at radius 1 is 1.38 bits per heavy atom. The summed E-state index contributed by atoms with van der Waals surface area (Å²) in [7, 11) is 0. The number of rotatable bonds is 3. The number of amides is 1. The molecule has 0 aromatic carbocycles. The van der Waals surface area contributed by atoms with Gasteiger partial charge in [0.1, 0.15) is 5.60 Å². The van der Waals surface area contributed by atoms with Crippen LogP contribution in [0.5, 0.6) is 0 Å². The molecule has 6 nitrogen and oxygen atoms in total. The number of carbonyl (C=O) groups is 1. The van der Waals surface area contributed by atoms with Crippen molar-refractivity contribution in [3.05, 3.63) is 0 Å². The van der Waals surface area contributed by atoms with Gasteiger partial charge in [0, 0.05) is 19.6 Å². The summed E-state index contributed by atoms with van der Waals surface area (Å²) in [6, 6.07) is 0.188. The number of guanidine groups is 1. The van der Waals surface area contributed by atoms with Crippen molar-refractivity contribution in [3.8, 4) is 0 Å². The van der Waals surface area contributed by atoms with E-state index >= 15 is 0 Å². The van der Waals surface area contributed by atoms with Crippen LogP contribution in [0, 0.1) is 5.92 Å². The van der Waals surface area contributed by atoms with E-state index in [2.05, 4.69) is 10.3 Å². The number of nitrogens with one attached hydrogen (secondary N) is 1. The van der Waals surface area contributed by atoms with E-state index in [9.17, 15) is 4.79 Å². The van der Waals surface area contributed by atoms with Gasteiger partial charge in [-0.15, -0.1) is 24.0 Å². The summed E-state index contributed by atoms with van der Waals surface area (Å²) in [6.45, 7) is 7.66. The quantitative estimate of drug-likeness (QED) is 0.423. The van der Waals surface area contributed by atoms with Gasteiger partial charge in [0.05, 0.1) is 6.04 Å². The highest BCUT2D eigenvalue weighted by Crippen LogP contribution is 2.26. The number of ether oxygens (including phenoxy) is 1. The summed E-state index contributed by atoms with van der Waals surface area (Å²) in [4.78, 5) is 17.8. The lowest BCUT2D eigenvalue weighted by atomic mass is 9.86. The van der Waals surface area contributed by atoms with E-state index in [1.807, 2.05) is 20.8 Å². The summed E-state index contributed by atoms with van der Waals surface area (Å²) in [6.07, 6.45) is 3.60. The second-order valence-electron chi connectivity index (χ2n) is 6.75. The molecule has 0 unspecified atom stereocenters. The number of hydrogen-bond acceptors (Lipinski definition) is 3. The second-order valence-corrected chi connectivity index (χ2v) is 6.75. The van der Waals surface area contributed by atoms with E-state index in [-0.39, 0.29) is 36.1 Å². The second kappa shape index (κ2) is 7.51. The molecule has 2 fully saturated rings. The molecule has 0 aromatic heterocycles. The van der Waals surface area contributed by atoms with E-state index in [4.69, 9.17) is 10.5 Å². The van der Waals surface area contributed by atoms with Crippen LogP contribution in [0.3, 0.4) is 0 Å². The van der Waals surface area contributed by atoms with Crippen molar-refractivity contribution in [1.82, 2.24) is 10.2 Å². The molecule has 21 heavy (non-hydrogen) atoms. The van der Waals surface area contributed by atoms with E-state index in [0.717, 1.165) is 12.5 Å². The van der Waals surface area contributed by atoms with Gasteiger partial charge in [-0.1, -0.05) is 6.42 Å². The molecular weight excluding hydrogens is 383 g/mol. The van der Waals surface area contributed by atoms with Crippen LogP contribution in [0.15, 0.2) is 4.99 Å². The Morgan fingerprint density at radius 3 is 2.48 bits per heavy atom. The van der Waals surface area contributed by atoms with E-state index in [1.165, 1.54) is 19.3 Å². The molecule has 2 rings (SSSR count). The number of nitrogens with two attached hydrogens (primary N) is 1. The van der Waals surface area contributed by atoms with Crippen LogP contribution in [0.4, 0.5) is 4.79 Å². The summed E-state index contributed by atoms with van der Waals surface area (Å²) in [5, 5.41) is 3.15. The summed E-state index contributed by atoms with van der Waals surface area (Å²) < 4.78 is 5.29. The minimum absolute atomic E-state index is 0. The molecule has 122 valence electrons. The van der Waals surface area contributed by atoms with Crippen LogP contribution in [0.25, 0.3) is 0 Å². The topological polar surface area (TPSA) is 80.0 Å². The van der Waals surface area contributed by atoms with Crippen molar-refractivity contribution in [2.24, 2.45) is 16.6 Å².